The zero-order valence-electron chi connectivity index (χ0n) is 10.9. The quantitative estimate of drug-likeness (QED) is 0.805. The first-order valence-corrected chi connectivity index (χ1v) is 7.91. The fourth-order valence-electron chi connectivity index (χ4n) is 2.36. The lowest BCUT2D eigenvalue weighted by atomic mass is 9.77. The first-order valence-electron chi connectivity index (χ1n) is 6.32. The second-order valence-electron chi connectivity index (χ2n) is 4.88. The van der Waals surface area contributed by atoms with E-state index in [1.807, 2.05) is 48.5 Å². The van der Waals surface area contributed by atoms with Gasteiger partial charge in [-0.3, -0.25) is 0 Å². The fourth-order valence-corrected chi connectivity index (χ4v) is 3.51. The SMILES string of the molecule is OCC(CO)(Cc1cccc(Br)c1)c1ccccc1Br. The van der Waals surface area contributed by atoms with Gasteiger partial charge >= 0.3 is 0 Å². The Morgan fingerprint density at radius 3 is 2.20 bits per heavy atom. The van der Waals surface area contributed by atoms with Crippen molar-refractivity contribution < 1.29 is 10.2 Å². The van der Waals surface area contributed by atoms with E-state index in [9.17, 15) is 10.2 Å². The Kier molecular flexibility index (Phi) is 5.38. The number of aliphatic hydroxyl groups is 2. The lowest BCUT2D eigenvalue weighted by Crippen LogP contribution is -2.37. The Labute approximate surface area is 135 Å². The molecular formula is C16H16Br2O2. The normalized spacial score (nSPS) is 11.6. The molecule has 0 unspecified atom stereocenters. The molecule has 0 fully saturated rings. The highest BCUT2D eigenvalue weighted by atomic mass is 79.9. The summed E-state index contributed by atoms with van der Waals surface area (Å²) in [6, 6.07) is 15.6. The molecule has 20 heavy (non-hydrogen) atoms. The highest BCUT2D eigenvalue weighted by Crippen LogP contribution is 2.33. The van der Waals surface area contributed by atoms with E-state index in [2.05, 4.69) is 31.9 Å². The molecule has 0 spiro atoms. The summed E-state index contributed by atoms with van der Waals surface area (Å²) in [6.45, 7) is -0.225. The number of halogens is 2. The molecule has 0 aliphatic heterocycles. The minimum absolute atomic E-state index is 0.112. The van der Waals surface area contributed by atoms with Crippen LogP contribution in [0.2, 0.25) is 0 Å². The molecule has 0 aromatic heterocycles. The molecule has 0 atom stereocenters. The molecule has 0 aliphatic carbocycles. The van der Waals surface area contributed by atoms with Crippen LogP contribution >= 0.6 is 31.9 Å². The third-order valence-corrected chi connectivity index (χ3v) is 4.67. The van der Waals surface area contributed by atoms with E-state index in [1.54, 1.807) is 0 Å². The van der Waals surface area contributed by atoms with E-state index in [-0.39, 0.29) is 13.2 Å². The zero-order valence-corrected chi connectivity index (χ0v) is 14.1. The van der Waals surface area contributed by atoms with Gasteiger partial charge in [0.25, 0.3) is 0 Å². The van der Waals surface area contributed by atoms with Crippen LogP contribution in [0.25, 0.3) is 0 Å². The van der Waals surface area contributed by atoms with Gasteiger partial charge in [0, 0.05) is 14.4 Å². The molecule has 0 radical (unpaired) electrons. The molecule has 0 aliphatic rings. The molecule has 0 saturated heterocycles. The number of rotatable bonds is 5. The molecule has 2 aromatic carbocycles. The van der Waals surface area contributed by atoms with Crippen molar-refractivity contribution in [2.45, 2.75) is 11.8 Å². The molecule has 0 saturated carbocycles. The van der Waals surface area contributed by atoms with Gasteiger partial charge in [-0.25, -0.2) is 0 Å². The molecule has 0 bridgehead atoms. The number of aliphatic hydroxyl groups excluding tert-OH is 2. The van der Waals surface area contributed by atoms with Crippen molar-refractivity contribution in [1.82, 2.24) is 0 Å². The molecule has 2 nitrogen and oxygen atoms in total. The van der Waals surface area contributed by atoms with Crippen molar-refractivity contribution in [1.29, 1.82) is 0 Å². The molecule has 0 heterocycles. The Morgan fingerprint density at radius 1 is 0.900 bits per heavy atom. The lowest BCUT2D eigenvalue weighted by molar-refractivity contribution is 0.115. The van der Waals surface area contributed by atoms with Crippen LogP contribution in [0.4, 0.5) is 0 Å². The summed E-state index contributed by atoms with van der Waals surface area (Å²) in [6.07, 6.45) is 0.571. The second kappa shape index (κ2) is 6.85. The predicted molar refractivity (Wildman–Crippen MR) is 87.8 cm³/mol. The minimum Gasteiger partial charge on any atom is -0.395 e. The van der Waals surface area contributed by atoms with Gasteiger partial charge < -0.3 is 10.2 Å². The Bertz CT molecular complexity index is 580. The summed E-state index contributed by atoms with van der Waals surface area (Å²) in [4.78, 5) is 0. The molecule has 2 aromatic rings. The first-order chi connectivity index (χ1) is 9.61. The maximum atomic E-state index is 9.89. The molecule has 4 heteroatoms. The topological polar surface area (TPSA) is 40.5 Å². The highest BCUT2D eigenvalue weighted by molar-refractivity contribution is 9.10. The monoisotopic (exact) mass is 398 g/mol. The Morgan fingerprint density at radius 2 is 1.60 bits per heavy atom. The predicted octanol–water partition coefficient (Wildman–Crippen LogP) is 3.68. The van der Waals surface area contributed by atoms with Crippen LogP contribution in [0, 0.1) is 0 Å². The summed E-state index contributed by atoms with van der Waals surface area (Å²) in [5.41, 5.74) is 1.30. The largest absolute Gasteiger partial charge is 0.395 e. The highest BCUT2D eigenvalue weighted by Gasteiger charge is 2.33. The number of hydrogen-bond donors (Lipinski definition) is 2. The van der Waals surface area contributed by atoms with E-state index in [0.717, 1.165) is 20.1 Å². The van der Waals surface area contributed by atoms with Gasteiger partial charge in [-0.2, -0.15) is 0 Å². The smallest absolute Gasteiger partial charge is 0.0553 e. The van der Waals surface area contributed by atoms with Crippen molar-refractivity contribution in [3.05, 3.63) is 68.6 Å². The van der Waals surface area contributed by atoms with Gasteiger partial charge in [0.05, 0.1) is 13.2 Å². The summed E-state index contributed by atoms with van der Waals surface area (Å²) >= 11 is 6.96. The van der Waals surface area contributed by atoms with Gasteiger partial charge in [0.15, 0.2) is 0 Å². The average molecular weight is 400 g/mol. The standard InChI is InChI=1S/C16H16Br2O2/c17-13-5-3-4-12(8-13)9-16(10-19,11-20)14-6-1-2-7-15(14)18/h1-8,19-20H,9-11H2. The van der Waals surface area contributed by atoms with Gasteiger partial charge in [0.2, 0.25) is 0 Å². The van der Waals surface area contributed by atoms with Crippen LogP contribution < -0.4 is 0 Å². The van der Waals surface area contributed by atoms with Gasteiger partial charge in [0.1, 0.15) is 0 Å². The third kappa shape index (κ3) is 3.31. The molecule has 2 rings (SSSR count). The fraction of sp³-hybridized carbons (Fsp3) is 0.250. The van der Waals surface area contributed by atoms with Crippen LogP contribution in [0.1, 0.15) is 11.1 Å². The van der Waals surface area contributed by atoms with Crippen molar-refractivity contribution in [2.75, 3.05) is 13.2 Å². The molecule has 106 valence electrons. The first kappa shape index (κ1) is 15.7. The van der Waals surface area contributed by atoms with Crippen molar-refractivity contribution >= 4 is 31.9 Å². The van der Waals surface area contributed by atoms with Gasteiger partial charge in [-0.15, -0.1) is 0 Å². The maximum absolute atomic E-state index is 9.89. The summed E-state index contributed by atoms with van der Waals surface area (Å²) in [5.74, 6) is 0. The van der Waals surface area contributed by atoms with E-state index < -0.39 is 5.41 Å². The number of benzene rings is 2. The zero-order chi connectivity index (χ0) is 14.6. The van der Waals surface area contributed by atoms with E-state index >= 15 is 0 Å². The lowest BCUT2D eigenvalue weighted by Gasteiger charge is -2.31. The Hall–Kier alpha value is -0.680. The van der Waals surface area contributed by atoms with E-state index in [4.69, 9.17) is 0 Å². The van der Waals surface area contributed by atoms with Crippen molar-refractivity contribution in [2.24, 2.45) is 0 Å². The van der Waals surface area contributed by atoms with Gasteiger partial charge in [-0.1, -0.05) is 62.2 Å². The van der Waals surface area contributed by atoms with Crippen LogP contribution in [0.15, 0.2) is 57.5 Å². The molecule has 0 amide bonds. The summed E-state index contributed by atoms with van der Waals surface area (Å²) in [5, 5.41) is 19.8. The van der Waals surface area contributed by atoms with Crippen molar-refractivity contribution in [3.8, 4) is 0 Å². The van der Waals surface area contributed by atoms with Crippen LogP contribution in [0.5, 0.6) is 0 Å². The number of hydrogen-bond acceptors (Lipinski definition) is 2. The van der Waals surface area contributed by atoms with E-state index in [0.29, 0.717) is 6.42 Å². The third-order valence-electron chi connectivity index (χ3n) is 3.48. The molecule has 2 N–H and O–H groups in total. The van der Waals surface area contributed by atoms with E-state index in [1.165, 1.54) is 0 Å². The van der Waals surface area contributed by atoms with Crippen molar-refractivity contribution in [3.63, 3.8) is 0 Å². The summed E-state index contributed by atoms with van der Waals surface area (Å²) in [7, 11) is 0. The molecular weight excluding hydrogens is 384 g/mol. The van der Waals surface area contributed by atoms with Gasteiger partial charge in [-0.05, 0) is 35.7 Å². The van der Waals surface area contributed by atoms with Crippen LogP contribution in [-0.4, -0.2) is 23.4 Å². The average Bonchev–Trinajstić information content (AvgIpc) is 2.46. The summed E-state index contributed by atoms with van der Waals surface area (Å²) < 4.78 is 1.89. The maximum Gasteiger partial charge on any atom is 0.0553 e. The minimum atomic E-state index is -0.694. The van der Waals surface area contributed by atoms with Crippen LogP contribution in [-0.2, 0) is 11.8 Å². The second-order valence-corrected chi connectivity index (χ2v) is 6.65. The van der Waals surface area contributed by atoms with Crippen LogP contribution in [0.3, 0.4) is 0 Å². The Balaban J connectivity index is 2.42.